The first-order valence-corrected chi connectivity index (χ1v) is 5.64. The van der Waals surface area contributed by atoms with E-state index in [-0.39, 0.29) is 13.2 Å². The third-order valence-electron chi connectivity index (χ3n) is 2.70. The van der Waals surface area contributed by atoms with E-state index in [1.807, 2.05) is 32.9 Å². The van der Waals surface area contributed by atoms with Gasteiger partial charge in [0.25, 0.3) is 0 Å². The van der Waals surface area contributed by atoms with E-state index < -0.39 is 11.9 Å². The Kier molecular flexibility index (Phi) is 4.71. The van der Waals surface area contributed by atoms with Gasteiger partial charge in [-0.1, -0.05) is 12.1 Å². The highest BCUT2D eigenvalue weighted by Crippen LogP contribution is 2.25. The number of carbonyl (C=O) groups is 2. The summed E-state index contributed by atoms with van der Waals surface area (Å²) in [6.45, 7) is 6.31. The minimum atomic E-state index is -1.49. The van der Waals surface area contributed by atoms with Gasteiger partial charge in [-0.05, 0) is 37.5 Å². The lowest BCUT2D eigenvalue weighted by atomic mass is 10.1. The van der Waals surface area contributed by atoms with Gasteiger partial charge < -0.3 is 15.2 Å². The van der Waals surface area contributed by atoms with Crippen molar-refractivity contribution in [1.29, 1.82) is 0 Å². The van der Waals surface area contributed by atoms with Crippen LogP contribution in [0.2, 0.25) is 0 Å². The van der Waals surface area contributed by atoms with Crippen molar-refractivity contribution < 1.29 is 19.4 Å². The number of carboxylic acid groups (broad SMARTS) is 1. The molecule has 0 aromatic heterocycles. The summed E-state index contributed by atoms with van der Waals surface area (Å²) in [7, 11) is 0. The topological polar surface area (TPSA) is 75.6 Å². The summed E-state index contributed by atoms with van der Waals surface area (Å²) in [5.41, 5.74) is 3.20. The fourth-order valence-corrected chi connectivity index (χ4v) is 1.54. The Morgan fingerprint density at radius 3 is 2.44 bits per heavy atom. The van der Waals surface area contributed by atoms with Crippen LogP contribution in [0.25, 0.3) is 0 Å². The number of carboxylic acids is 1. The van der Waals surface area contributed by atoms with Gasteiger partial charge in [0, 0.05) is 0 Å². The van der Waals surface area contributed by atoms with Crippen molar-refractivity contribution in [2.24, 2.45) is 0 Å². The molecule has 0 aliphatic heterocycles. The highest BCUT2D eigenvalue weighted by Gasteiger charge is 2.10. The lowest BCUT2D eigenvalue weighted by molar-refractivity contribution is -0.150. The molecule has 5 heteroatoms. The van der Waals surface area contributed by atoms with E-state index in [9.17, 15) is 9.59 Å². The van der Waals surface area contributed by atoms with Crippen molar-refractivity contribution in [2.45, 2.75) is 20.8 Å². The van der Waals surface area contributed by atoms with Crippen molar-refractivity contribution in [3.05, 3.63) is 28.8 Å². The molecule has 0 fully saturated rings. The van der Waals surface area contributed by atoms with Gasteiger partial charge in [-0.3, -0.25) is 4.79 Å². The lowest BCUT2D eigenvalue weighted by Crippen LogP contribution is -2.33. The van der Waals surface area contributed by atoms with E-state index in [2.05, 4.69) is 5.32 Å². The Hall–Kier alpha value is -2.04. The molecule has 5 nitrogen and oxygen atoms in total. The Balaban J connectivity index is 2.52. The van der Waals surface area contributed by atoms with Crippen LogP contribution in [0.15, 0.2) is 12.1 Å². The average Bonchev–Trinajstić information content (AvgIpc) is 2.32. The van der Waals surface area contributed by atoms with E-state index in [4.69, 9.17) is 9.84 Å². The lowest BCUT2D eigenvalue weighted by Gasteiger charge is -2.13. The molecule has 1 amide bonds. The SMILES string of the molecule is Cc1ccc(C)c(OCCNC(=O)C(=O)O)c1C. The van der Waals surface area contributed by atoms with Gasteiger partial charge in [-0.2, -0.15) is 0 Å². The molecule has 0 saturated heterocycles. The van der Waals surface area contributed by atoms with Crippen LogP contribution < -0.4 is 10.1 Å². The monoisotopic (exact) mass is 251 g/mol. The van der Waals surface area contributed by atoms with Gasteiger partial charge in [0.05, 0.1) is 6.54 Å². The number of benzene rings is 1. The molecular formula is C13H17NO4. The average molecular weight is 251 g/mol. The molecule has 98 valence electrons. The van der Waals surface area contributed by atoms with E-state index in [1.54, 1.807) is 0 Å². The highest BCUT2D eigenvalue weighted by atomic mass is 16.5. The van der Waals surface area contributed by atoms with Crippen LogP contribution in [-0.2, 0) is 9.59 Å². The number of aryl methyl sites for hydroxylation is 2. The van der Waals surface area contributed by atoms with E-state index >= 15 is 0 Å². The second kappa shape index (κ2) is 6.05. The quantitative estimate of drug-likeness (QED) is 0.622. The van der Waals surface area contributed by atoms with Crippen LogP contribution in [0.3, 0.4) is 0 Å². The van der Waals surface area contributed by atoms with Crippen LogP contribution in [0, 0.1) is 20.8 Å². The van der Waals surface area contributed by atoms with Crippen LogP contribution in [0.1, 0.15) is 16.7 Å². The number of amides is 1. The molecule has 0 bridgehead atoms. The first kappa shape index (κ1) is 14.0. The molecule has 0 atom stereocenters. The number of ether oxygens (including phenoxy) is 1. The molecule has 18 heavy (non-hydrogen) atoms. The third kappa shape index (κ3) is 3.48. The molecule has 0 spiro atoms. The van der Waals surface area contributed by atoms with Crippen molar-refractivity contribution in [2.75, 3.05) is 13.2 Å². The first-order chi connectivity index (χ1) is 8.43. The Labute approximate surface area is 106 Å². The molecule has 0 aliphatic rings. The zero-order valence-electron chi connectivity index (χ0n) is 10.7. The Bertz CT molecular complexity index is 468. The number of hydrogen-bond acceptors (Lipinski definition) is 3. The van der Waals surface area contributed by atoms with Crippen LogP contribution >= 0.6 is 0 Å². The molecule has 1 aromatic carbocycles. The van der Waals surface area contributed by atoms with Gasteiger partial charge in [0.2, 0.25) is 0 Å². The van der Waals surface area contributed by atoms with Crippen molar-refractivity contribution in [3.8, 4) is 5.75 Å². The summed E-state index contributed by atoms with van der Waals surface area (Å²) in [5.74, 6) is -1.71. The van der Waals surface area contributed by atoms with E-state index in [0.29, 0.717) is 0 Å². The molecule has 0 radical (unpaired) electrons. The predicted octanol–water partition coefficient (Wildman–Crippen LogP) is 1.19. The van der Waals surface area contributed by atoms with E-state index in [1.165, 1.54) is 0 Å². The number of rotatable bonds is 4. The standard InChI is InChI=1S/C13H17NO4/c1-8-4-5-9(2)11(10(8)3)18-7-6-14-12(15)13(16)17/h4-5H,6-7H2,1-3H3,(H,14,15)(H,16,17). The predicted molar refractivity (Wildman–Crippen MR) is 66.8 cm³/mol. The van der Waals surface area contributed by atoms with Crippen molar-refractivity contribution >= 4 is 11.9 Å². The molecule has 0 heterocycles. The number of nitrogens with one attached hydrogen (secondary N) is 1. The van der Waals surface area contributed by atoms with Crippen molar-refractivity contribution in [3.63, 3.8) is 0 Å². The fraction of sp³-hybridized carbons (Fsp3) is 0.385. The van der Waals surface area contributed by atoms with Crippen molar-refractivity contribution in [1.82, 2.24) is 5.32 Å². The number of aliphatic carboxylic acids is 1. The molecular weight excluding hydrogens is 234 g/mol. The molecule has 1 aromatic rings. The summed E-state index contributed by atoms with van der Waals surface area (Å²) in [5, 5.41) is 10.6. The summed E-state index contributed by atoms with van der Waals surface area (Å²) in [6, 6.07) is 3.98. The third-order valence-corrected chi connectivity index (χ3v) is 2.70. The van der Waals surface area contributed by atoms with E-state index in [0.717, 1.165) is 22.4 Å². The van der Waals surface area contributed by atoms with Crippen LogP contribution in [-0.4, -0.2) is 30.1 Å². The summed E-state index contributed by atoms with van der Waals surface area (Å²) < 4.78 is 5.57. The number of carbonyl (C=O) groups excluding carboxylic acids is 1. The van der Waals surface area contributed by atoms with Gasteiger partial charge in [0.1, 0.15) is 12.4 Å². The molecule has 1 rings (SSSR count). The fourth-order valence-electron chi connectivity index (χ4n) is 1.54. The minimum Gasteiger partial charge on any atom is -0.491 e. The highest BCUT2D eigenvalue weighted by molar-refractivity contribution is 6.31. The first-order valence-electron chi connectivity index (χ1n) is 5.64. The maximum absolute atomic E-state index is 10.8. The maximum atomic E-state index is 10.8. The largest absolute Gasteiger partial charge is 0.491 e. The second-order valence-electron chi connectivity index (χ2n) is 4.06. The van der Waals surface area contributed by atoms with Crippen LogP contribution in [0.4, 0.5) is 0 Å². The summed E-state index contributed by atoms with van der Waals surface area (Å²) in [6.07, 6.45) is 0. The summed E-state index contributed by atoms with van der Waals surface area (Å²) >= 11 is 0. The van der Waals surface area contributed by atoms with Gasteiger partial charge in [-0.15, -0.1) is 0 Å². The normalized spacial score (nSPS) is 9.94. The molecule has 0 aliphatic carbocycles. The molecule has 0 unspecified atom stereocenters. The van der Waals surface area contributed by atoms with Gasteiger partial charge >= 0.3 is 11.9 Å². The van der Waals surface area contributed by atoms with Gasteiger partial charge in [0.15, 0.2) is 0 Å². The number of hydrogen-bond donors (Lipinski definition) is 2. The molecule has 2 N–H and O–H groups in total. The second-order valence-corrected chi connectivity index (χ2v) is 4.06. The summed E-state index contributed by atoms with van der Waals surface area (Å²) in [4.78, 5) is 21.0. The smallest absolute Gasteiger partial charge is 0.394 e. The van der Waals surface area contributed by atoms with Crippen LogP contribution in [0.5, 0.6) is 5.75 Å². The van der Waals surface area contributed by atoms with Gasteiger partial charge in [-0.25, -0.2) is 4.79 Å². The molecule has 0 saturated carbocycles. The minimum absolute atomic E-state index is 0.165. The maximum Gasteiger partial charge on any atom is 0.394 e. The Morgan fingerprint density at radius 2 is 1.83 bits per heavy atom. The zero-order valence-corrected chi connectivity index (χ0v) is 10.7. The zero-order chi connectivity index (χ0) is 13.7. The Morgan fingerprint density at radius 1 is 1.22 bits per heavy atom.